The average molecular weight is 510 g/mol. The molecule has 160 valence electrons. The van der Waals surface area contributed by atoms with Gasteiger partial charge in [0.15, 0.2) is 5.96 Å². The van der Waals surface area contributed by atoms with Gasteiger partial charge in [-0.1, -0.05) is 31.0 Å². The monoisotopic (exact) mass is 510 g/mol. The van der Waals surface area contributed by atoms with Crippen LogP contribution in [0.4, 0.5) is 0 Å². The van der Waals surface area contributed by atoms with E-state index in [1.807, 2.05) is 18.7 Å². The minimum Gasteiger partial charge on any atom is -0.355 e. The fraction of sp³-hybridized carbons (Fsp3) is 0.545. The van der Waals surface area contributed by atoms with Crippen molar-refractivity contribution in [2.75, 3.05) is 27.2 Å². The van der Waals surface area contributed by atoms with Crippen LogP contribution < -0.4 is 10.6 Å². The van der Waals surface area contributed by atoms with Gasteiger partial charge in [-0.25, -0.2) is 4.68 Å². The smallest absolute Gasteiger partial charge is 0.191 e. The number of aryl methyl sites for hydroxylation is 2. The van der Waals surface area contributed by atoms with Gasteiger partial charge in [-0.3, -0.25) is 4.99 Å². The van der Waals surface area contributed by atoms with E-state index in [1.54, 1.807) is 0 Å². The van der Waals surface area contributed by atoms with Crippen molar-refractivity contribution in [2.24, 2.45) is 4.99 Å². The fourth-order valence-electron chi connectivity index (χ4n) is 4.02. The molecule has 2 aromatic rings. The highest BCUT2D eigenvalue weighted by atomic mass is 127. The number of likely N-dealkylation sites (N-methyl/N-ethyl adjacent to an activating group) is 1. The second-order valence-corrected chi connectivity index (χ2v) is 7.74. The summed E-state index contributed by atoms with van der Waals surface area (Å²) in [7, 11) is 4.06. The van der Waals surface area contributed by atoms with Crippen LogP contribution in [0.5, 0.6) is 0 Å². The maximum atomic E-state index is 4.63. The Kier molecular flexibility index (Phi) is 9.42. The zero-order valence-electron chi connectivity index (χ0n) is 18.1. The molecule has 0 unspecified atom stereocenters. The lowest BCUT2D eigenvalue weighted by molar-refractivity contribution is 0.249. The van der Waals surface area contributed by atoms with Crippen LogP contribution in [0.25, 0.3) is 5.69 Å². The van der Waals surface area contributed by atoms with E-state index in [0.717, 1.165) is 42.2 Å². The molecule has 1 fully saturated rings. The lowest BCUT2D eigenvalue weighted by Crippen LogP contribution is -2.42. The molecule has 1 aliphatic rings. The third-order valence-electron chi connectivity index (χ3n) is 5.60. The van der Waals surface area contributed by atoms with Gasteiger partial charge < -0.3 is 15.5 Å². The highest BCUT2D eigenvalue weighted by Gasteiger charge is 2.18. The van der Waals surface area contributed by atoms with Crippen molar-refractivity contribution in [2.45, 2.75) is 52.1 Å². The van der Waals surface area contributed by atoms with E-state index in [9.17, 15) is 0 Å². The molecule has 0 spiro atoms. The molecule has 2 N–H and O–H groups in total. The standard InChI is InChI=1S/C22H34N6.HI/c1-17-15-18(2)28(26-17)21-12-8-5-9-19(21)16-25-22(23-3)24-13-14-27(4)20-10-6-7-11-20;/h5,8-9,12,15,20H,6-7,10-11,13-14,16H2,1-4H3,(H2,23,24,25);1H. The van der Waals surface area contributed by atoms with Crippen molar-refractivity contribution in [3.8, 4) is 5.69 Å². The van der Waals surface area contributed by atoms with Crippen molar-refractivity contribution in [3.05, 3.63) is 47.3 Å². The van der Waals surface area contributed by atoms with Crippen LogP contribution >= 0.6 is 24.0 Å². The summed E-state index contributed by atoms with van der Waals surface area (Å²) in [5, 5.41) is 11.5. The zero-order valence-corrected chi connectivity index (χ0v) is 20.4. The Labute approximate surface area is 192 Å². The first kappa shape index (κ1) is 23.7. The van der Waals surface area contributed by atoms with Gasteiger partial charge in [0.25, 0.3) is 0 Å². The molecule has 3 rings (SSSR count). The van der Waals surface area contributed by atoms with E-state index in [0.29, 0.717) is 6.54 Å². The largest absolute Gasteiger partial charge is 0.355 e. The molecule has 1 aromatic carbocycles. The molecule has 0 saturated heterocycles. The molecule has 1 saturated carbocycles. The Morgan fingerprint density at radius 1 is 1.21 bits per heavy atom. The normalized spacial score (nSPS) is 14.9. The minimum atomic E-state index is 0. The number of aromatic nitrogens is 2. The first-order valence-corrected chi connectivity index (χ1v) is 10.3. The van der Waals surface area contributed by atoms with Gasteiger partial charge in [0, 0.05) is 38.4 Å². The van der Waals surface area contributed by atoms with E-state index >= 15 is 0 Å². The molecule has 1 aromatic heterocycles. The predicted molar refractivity (Wildman–Crippen MR) is 132 cm³/mol. The molecule has 1 heterocycles. The zero-order chi connectivity index (χ0) is 19.9. The van der Waals surface area contributed by atoms with Gasteiger partial charge in [0.1, 0.15) is 0 Å². The van der Waals surface area contributed by atoms with Crippen molar-refractivity contribution in [1.82, 2.24) is 25.3 Å². The molecule has 0 atom stereocenters. The molecular weight excluding hydrogens is 475 g/mol. The molecule has 0 amide bonds. The first-order valence-electron chi connectivity index (χ1n) is 10.3. The number of rotatable bonds is 7. The number of benzene rings is 1. The van der Waals surface area contributed by atoms with Gasteiger partial charge in [0.05, 0.1) is 11.4 Å². The number of halogens is 1. The molecule has 0 bridgehead atoms. The van der Waals surface area contributed by atoms with E-state index in [4.69, 9.17) is 0 Å². The number of nitrogens with zero attached hydrogens (tertiary/aromatic N) is 4. The third-order valence-corrected chi connectivity index (χ3v) is 5.60. The van der Waals surface area contributed by atoms with Crippen molar-refractivity contribution < 1.29 is 0 Å². The average Bonchev–Trinajstić information content (AvgIpc) is 3.34. The highest BCUT2D eigenvalue weighted by Crippen LogP contribution is 2.21. The first-order chi connectivity index (χ1) is 13.6. The molecule has 0 aliphatic heterocycles. The minimum absolute atomic E-state index is 0. The van der Waals surface area contributed by atoms with Crippen molar-refractivity contribution in [1.29, 1.82) is 0 Å². The summed E-state index contributed by atoms with van der Waals surface area (Å²) in [5.41, 5.74) is 4.48. The van der Waals surface area contributed by atoms with Crippen LogP contribution in [0.2, 0.25) is 0 Å². The van der Waals surface area contributed by atoms with Gasteiger partial charge in [-0.05, 0) is 51.4 Å². The molecule has 29 heavy (non-hydrogen) atoms. The summed E-state index contributed by atoms with van der Waals surface area (Å²) in [6.45, 7) is 6.75. The van der Waals surface area contributed by atoms with Gasteiger partial charge in [-0.15, -0.1) is 24.0 Å². The maximum absolute atomic E-state index is 4.63. The summed E-state index contributed by atoms with van der Waals surface area (Å²) in [5.74, 6) is 0.836. The number of guanidine groups is 1. The summed E-state index contributed by atoms with van der Waals surface area (Å²) in [4.78, 5) is 6.85. The van der Waals surface area contributed by atoms with E-state index in [-0.39, 0.29) is 24.0 Å². The highest BCUT2D eigenvalue weighted by molar-refractivity contribution is 14.0. The van der Waals surface area contributed by atoms with Gasteiger partial charge in [0.2, 0.25) is 0 Å². The lowest BCUT2D eigenvalue weighted by Gasteiger charge is -2.24. The molecular formula is C22H35IN6. The second-order valence-electron chi connectivity index (χ2n) is 7.74. The second kappa shape index (κ2) is 11.5. The van der Waals surface area contributed by atoms with E-state index < -0.39 is 0 Å². The number of nitrogens with one attached hydrogen (secondary N) is 2. The topological polar surface area (TPSA) is 57.5 Å². The van der Waals surface area contributed by atoms with Gasteiger partial charge in [-0.2, -0.15) is 5.10 Å². The van der Waals surface area contributed by atoms with Crippen LogP contribution in [0, 0.1) is 13.8 Å². The lowest BCUT2D eigenvalue weighted by atomic mass is 10.1. The summed E-state index contributed by atoms with van der Waals surface area (Å²) >= 11 is 0. The Bertz CT molecular complexity index is 794. The molecule has 0 radical (unpaired) electrons. The van der Waals surface area contributed by atoms with E-state index in [2.05, 4.69) is 69.9 Å². The van der Waals surface area contributed by atoms with Crippen molar-refractivity contribution in [3.63, 3.8) is 0 Å². The summed E-state index contributed by atoms with van der Waals surface area (Å²) < 4.78 is 2.01. The third kappa shape index (κ3) is 6.44. The number of hydrogen-bond acceptors (Lipinski definition) is 3. The predicted octanol–water partition coefficient (Wildman–Crippen LogP) is 3.65. The van der Waals surface area contributed by atoms with E-state index in [1.165, 1.54) is 31.2 Å². The van der Waals surface area contributed by atoms with Crippen LogP contribution in [0.3, 0.4) is 0 Å². The SMILES string of the molecule is CN=C(NCCN(C)C1CCCC1)NCc1ccccc1-n1nc(C)cc1C.I. The van der Waals surface area contributed by atoms with Gasteiger partial charge >= 0.3 is 0 Å². The quantitative estimate of drug-likeness (QED) is 0.339. The van der Waals surface area contributed by atoms with Crippen LogP contribution in [-0.2, 0) is 6.54 Å². The number of hydrogen-bond donors (Lipinski definition) is 2. The van der Waals surface area contributed by atoms with Crippen LogP contribution in [0.1, 0.15) is 42.6 Å². The summed E-state index contributed by atoms with van der Waals surface area (Å²) in [6.07, 6.45) is 5.43. The molecule has 7 heteroatoms. The number of aliphatic imine (C=N–C) groups is 1. The maximum Gasteiger partial charge on any atom is 0.191 e. The van der Waals surface area contributed by atoms with Crippen LogP contribution in [-0.4, -0.2) is 53.9 Å². The fourth-order valence-corrected chi connectivity index (χ4v) is 4.02. The van der Waals surface area contributed by atoms with Crippen LogP contribution in [0.15, 0.2) is 35.3 Å². The Morgan fingerprint density at radius 2 is 1.93 bits per heavy atom. The Morgan fingerprint density at radius 3 is 2.59 bits per heavy atom. The number of para-hydroxylation sites is 1. The summed E-state index contributed by atoms with van der Waals surface area (Å²) in [6, 6.07) is 11.2. The molecule has 6 nitrogen and oxygen atoms in total. The van der Waals surface area contributed by atoms with Crippen molar-refractivity contribution >= 4 is 29.9 Å². The Balaban J connectivity index is 0.00000300. The Hall–Kier alpha value is -1.61. The molecule has 1 aliphatic carbocycles.